The van der Waals surface area contributed by atoms with Crippen molar-refractivity contribution in [3.8, 4) is 0 Å². The van der Waals surface area contributed by atoms with Crippen LogP contribution in [0.3, 0.4) is 0 Å². The molecule has 0 aromatic carbocycles. The van der Waals surface area contributed by atoms with E-state index in [-0.39, 0.29) is 0 Å². The van der Waals surface area contributed by atoms with Gasteiger partial charge in [-0.05, 0) is 12.8 Å². The van der Waals surface area contributed by atoms with E-state index in [2.05, 4.69) is 41.4 Å². The second kappa shape index (κ2) is 5.94. The van der Waals surface area contributed by atoms with Crippen molar-refractivity contribution in [3.05, 3.63) is 16.6 Å². The fourth-order valence-corrected chi connectivity index (χ4v) is 3.14. The van der Waals surface area contributed by atoms with Gasteiger partial charge in [0.1, 0.15) is 0 Å². The zero-order valence-electron chi connectivity index (χ0n) is 11.0. The first-order chi connectivity index (χ1) is 8.16. The van der Waals surface area contributed by atoms with Crippen molar-refractivity contribution in [1.29, 1.82) is 0 Å². The van der Waals surface area contributed by atoms with Gasteiger partial charge in [0.25, 0.3) is 0 Å². The van der Waals surface area contributed by atoms with Crippen molar-refractivity contribution >= 4 is 11.3 Å². The molecular formula is C13H23N3S. The molecule has 1 N–H and O–H groups in total. The van der Waals surface area contributed by atoms with Crippen molar-refractivity contribution in [2.75, 3.05) is 19.6 Å². The van der Waals surface area contributed by atoms with E-state index in [0.717, 1.165) is 26.1 Å². The summed E-state index contributed by atoms with van der Waals surface area (Å²) in [6.45, 7) is 10.3. The maximum atomic E-state index is 4.37. The van der Waals surface area contributed by atoms with Gasteiger partial charge in [-0.3, -0.25) is 4.90 Å². The average molecular weight is 253 g/mol. The molecule has 17 heavy (non-hydrogen) atoms. The standard InChI is InChI=1S/C13H23N3S/c1-10(2)12-8-15-11(3)9-16(12)6-4-13-14-5-7-17-13/h5,7,10-12,15H,4,6,8-9H2,1-3H3. The summed E-state index contributed by atoms with van der Waals surface area (Å²) in [4.78, 5) is 7.00. The van der Waals surface area contributed by atoms with Crippen molar-refractivity contribution in [1.82, 2.24) is 15.2 Å². The fraction of sp³-hybridized carbons (Fsp3) is 0.769. The van der Waals surface area contributed by atoms with Crippen LogP contribution in [0.15, 0.2) is 11.6 Å². The Morgan fingerprint density at radius 3 is 3.06 bits per heavy atom. The van der Waals surface area contributed by atoms with E-state index in [4.69, 9.17) is 0 Å². The van der Waals surface area contributed by atoms with Gasteiger partial charge in [-0.2, -0.15) is 0 Å². The summed E-state index contributed by atoms with van der Waals surface area (Å²) >= 11 is 1.77. The van der Waals surface area contributed by atoms with Crippen LogP contribution in [0.2, 0.25) is 0 Å². The minimum absolute atomic E-state index is 0.612. The largest absolute Gasteiger partial charge is 0.311 e. The van der Waals surface area contributed by atoms with Crippen molar-refractivity contribution in [2.24, 2.45) is 5.92 Å². The fourth-order valence-electron chi connectivity index (χ4n) is 2.53. The summed E-state index contributed by atoms with van der Waals surface area (Å²) in [5.41, 5.74) is 0. The molecule has 2 unspecified atom stereocenters. The number of thiazole rings is 1. The predicted octanol–water partition coefficient (Wildman–Crippen LogP) is 2.00. The summed E-state index contributed by atoms with van der Waals surface area (Å²) in [5, 5.41) is 6.91. The molecule has 4 heteroatoms. The van der Waals surface area contributed by atoms with Crippen LogP contribution in [0.1, 0.15) is 25.8 Å². The molecule has 96 valence electrons. The van der Waals surface area contributed by atoms with Crippen LogP contribution in [0.25, 0.3) is 0 Å². The minimum atomic E-state index is 0.612. The van der Waals surface area contributed by atoms with Crippen LogP contribution in [0.4, 0.5) is 0 Å². The molecule has 2 atom stereocenters. The zero-order valence-corrected chi connectivity index (χ0v) is 11.8. The highest BCUT2D eigenvalue weighted by atomic mass is 32.1. The Balaban J connectivity index is 1.90. The Morgan fingerprint density at radius 2 is 2.41 bits per heavy atom. The molecule has 0 aliphatic carbocycles. The highest BCUT2D eigenvalue weighted by molar-refractivity contribution is 7.09. The lowest BCUT2D eigenvalue weighted by atomic mass is 9.98. The topological polar surface area (TPSA) is 28.2 Å². The van der Waals surface area contributed by atoms with Gasteiger partial charge < -0.3 is 5.32 Å². The highest BCUT2D eigenvalue weighted by Gasteiger charge is 2.27. The zero-order chi connectivity index (χ0) is 12.3. The number of piperazine rings is 1. The molecule has 1 aliphatic rings. The number of aromatic nitrogens is 1. The lowest BCUT2D eigenvalue weighted by Gasteiger charge is -2.41. The van der Waals surface area contributed by atoms with Crippen molar-refractivity contribution in [2.45, 2.75) is 39.3 Å². The number of rotatable bonds is 4. The van der Waals surface area contributed by atoms with E-state index >= 15 is 0 Å². The molecule has 0 spiro atoms. The Morgan fingerprint density at radius 1 is 1.59 bits per heavy atom. The summed E-state index contributed by atoms with van der Waals surface area (Å²) in [7, 11) is 0. The predicted molar refractivity (Wildman–Crippen MR) is 73.5 cm³/mol. The first-order valence-corrected chi connectivity index (χ1v) is 7.40. The summed E-state index contributed by atoms with van der Waals surface area (Å²) in [6, 6.07) is 1.28. The van der Waals surface area contributed by atoms with Crippen molar-refractivity contribution in [3.63, 3.8) is 0 Å². The van der Waals surface area contributed by atoms with Crippen LogP contribution in [-0.4, -0.2) is 41.6 Å². The van der Waals surface area contributed by atoms with Crippen molar-refractivity contribution < 1.29 is 0 Å². The first kappa shape index (κ1) is 13.0. The summed E-state index contributed by atoms with van der Waals surface area (Å²) in [6.07, 6.45) is 2.99. The van der Waals surface area contributed by atoms with Gasteiger partial charge in [0, 0.05) is 49.7 Å². The van der Waals surface area contributed by atoms with E-state index in [1.165, 1.54) is 5.01 Å². The molecule has 1 saturated heterocycles. The van der Waals surface area contributed by atoms with Gasteiger partial charge in [-0.15, -0.1) is 11.3 Å². The Bertz CT molecular complexity index is 323. The third-order valence-corrected chi connectivity index (χ3v) is 4.36. The minimum Gasteiger partial charge on any atom is -0.311 e. The van der Waals surface area contributed by atoms with Gasteiger partial charge in [0.15, 0.2) is 0 Å². The van der Waals surface area contributed by atoms with Gasteiger partial charge in [-0.25, -0.2) is 4.98 Å². The monoisotopic (exact) mass is 253 g/mol. The molecule has 2 heterocycles. The van der Waals surface area contributed by atoms with E-state index in [0.29, 0.717) is 18.0 Å². The molecule has 2 rings (SSSR count). The second-order valence-corrected chi connectivity index (χ2v) is 6.27. The van der Waals surface area contributed by atoms with Gasteiger partial charge in [-0.1, -0.05) is 13.8 Å². The molecule has 1 aliphatic heterocycles. The molecular weight excluding hydrogens is 230 g/mol. The molecule has 0 radical (unpaired) electrons. The third kappa shape index (κ3) is 3.50. The molecule has 1 fully saturated rings. The Kier molecular flexibility index (Phi) is 4.54. The number of nitrogens with zero attached hydrogens (tertiary/aromatic N) is 2. The van der Waals surface area contributed by atoms with E-state index in [9.17, 15) is 0 Å². The lowest BCUT2D eigenvalue weighted by molar-refractivity contribution is 0.104. The van der Waals surface area contributed by atoms with E-state index in [1.807, 2.05) is 6.20 Å². The molecule has 3 nitrogen and oxygen atoms in total. The van der Waals surface area contributed by atoms with Crippen LogP contribution in [0, 0.1) is 5.92 Å². The van der Waals surface area contributed by atoms with Gasteiger partial charge in [0.2, 0.25) is 0 Å². The normalized spacial score (nSPS) is 26.6. The molecule has 0 amide bonds. The maximum Gasteiger partial charge on any atom is 0.0937 e. The van der Waals surface area contributed by atoms with E-state index in [1.54, 1.807) is 11.3 Å². The van der Waals surface area contributed by atoms with Gasteiger partial charge >= 0.3 is 0 Å². The third-order valence-electron chi connectivity index (χ3n) is 3.52. The summed E-state index contributed by atoms with van der Waals surface area (Å²) < 4.78 is 0. The second-order valence-electron chi connectivity index (χ2n) is 5.29. The summed E-state index contributed by atoms with van der Waals surface area (Å²) in [5.74, 6) is 0.714. The Hall–Kier alpha value is -0.450. The van der Waals surface area contributed by atoms with Gasteiger partial charge in [0.05, 0.1) is 5.01 Å². The molecule has 0 saturated carbocycles. The molecule has 1 aromatic rings. The quantitative estimate of drug-likeness (QED) is 0.889. The lowest BCUT2D eigenvalue weighted by Crippen LogP contribution is -2.57. The van der Waals surface area contributed by atoms with Crippen LogP contribution in [0.5, 0.6) is 0 Å². The van der Waals surface area contributed by atoms with Crippen LogP contribution < -0.4 is 5.32 Å². The average Bonchev–Trinajstić information content (AvgIpc) is 2.78. The Labute approximate surface area is 108 Å². The van der Waals surface area contributed by atoms with Crippen LogP contribution in [-0.2, 0) is 6.42 Å². The number of nitrogens with one attached hydrogen (secondary N) is 1. The first-order valence-electron chi connectivity index (χ1n) is 6.52. The SMILES string of the molecule is CC1CN(CCc2nccs2)C(C(C)C)CN1. The number of hydrogen-bond acceptors (Lipinski definition) is 4. The smallest absolute Gasteiger partial charge is 0.0937 e. The van der Waals surface area contributed by atoms with Crippen LogP contribution >= 0.6 is 11.3 Å². The number of hydrogen-bond donors (Lipinski definition) is 1. The van der Waals surface area contributed by atoms with E-state index < -0.39 is 0 Å². The molecule has 1 aromatic heterocycles. The molecule has 0 bridgehead atoms. The maximum absolute atomic E-state index is 4.37. The highest BCUT2D eigenvalue weighted by Crippen LogP contribution is 2.16.